The minimum absolute atomic E-state index is 0.159. The standard InChI is InChI=1S/C12H18FNO3S/c1-12(2,18(4,15)16)11(14)9-6-5-8(17-3)7-10(9)13/h5-7,11H,14H2,1-4H3. The minimum atomic E-state index is -3.41. The number of hydrogen-bond acceptors (Lipinski definition) is 4. The second-order valence-corrected chi connectivity index (χ2v) is 7.34. The molecular weight excluding hydrogens is 257 g/mol. The molecule has 0 saturated heterocycles. The van der Waals surface area contributed by atoms with Gasteiger partial charge in [0, 0.05) is 17.9 Å². The van der Waals surface area contributed by atoms with Crippen molar-refractivity contribution in [2.45, 2.75) is 24.6 Å². The van der Waals surface area contributed by atoms with Crippen molar-refractivity contribution >= 4 is 9.84 Å². The van der Waals surface area contributed by atoms with Crippen LogP contribution in [0.1, 0.15) is 25.5 Å². The normalized spacial score (nSPS) is 14.3. The predicted octanol–water partition coefficient (Wildman–Crippen LogP) is 1.66. The van der Waals surface area contributed by atoms with Crippen LogP contribution in [0.25, 0.3) is 0 Å². The maximum absolute atomic E-state index is 13.9. The molecule has 0 heterocycles. The molecule has 1 aromatic rings. The van der Waals surface area contributed by atoms with Crippen molar-refractivity contribution in [3.8, 4) is 5.75 Å². The third-order valence-electron chi connectivity index (χ3n) is 3.25. The van der Waals surface area contributed by atoms with E-state index in [9.17, 15) is 12.8 Å². The molecule has 6 heteroatoms. The Morgan fingerprint density at radius 1 is 1.39 bits per heavy atom. The molecule has 0 aliphatic rings. The molecule has 1 aromatic carbocycles. The summed E-state index contributed by atoms with van der Waals surface area (Å²) in [6, 6.07) is 3.24. The number of methoxy groups -OCH3 is 1. The molecule has 0 bridgehead atoms. The van der Waals surface area contributed by atoms with Crippen molar-refractivity contribution in [1.82, 2.24) is 0 Å². The Kier molecular flexibility index (Phi) is 4.02. The lowest BCUT2D eigenvalue weighted by Crippen LogP contribution is -2.42. The molecule has 1 unspecified atom stereocenters. The van der Waals surface area contributed by atoms with Crippen LogP contribution < -0.4 is 10.5 Å². The zero-order valence-electron chi connectivity index (χ0n) is 10.9. The van der Waals surface area contributed by atoms with Crippen LogP contribution in [0.15, 0.2) is 18.2 Å². The van der Waals surface area contributed by atoms with E-state index in [4.69, 9.17) is 10.5 Å². The van der Waals surface area contributed by atoms with Gasteiger partial charge in [0.2, 0.25) is 0 Å². The first-order valence-electron chi connectivity index (χ1n) is 5.40. The molecule has 2 N–H and O–H groups in total. The molecule has 0 radical (unpaired) electrons. The van der Waals surface area contributed by atoms with Crippen LogP contribution in [0.5, 0.6) is 5.75 Å². The summed E-state index contributed by atoms with van der Waals surface area (Å²) in [6.07, 6.45) is 1.09. The van der Waals surface area contributed by atoms with Gasteiger partial charge in [0.05, 0.1) is 17.9 Å². The first-order chi connectivity index (χ1) is 8.11. The van der Waals surface area contributed by atoms with Gasteiger partial charge in [-0.1, -0.05) is 6.07 Å². The summed E-state index contributed by atoms with van der Waals surface area (Å²) in [5.41, 5.74) is 6.05. The molecular formula is C12H18FNO3S. The van der Waals surface area contributed by atoms with Crippen LogP contribution >= 0.6 is 0 Å². The topological polar surface area (TPSA) is 69.4 Å². The van der Waals surface area contributed by atoms with Gasteiger partial charge >= 0.3 is 0 Å². The maximum Gasteiger partial charge on any atom is 0.154 e. The second kappa shape index (κ2) is 4.85. The molecule has 0 spiro atoms. The highest BCUT2D eigenvalue weighted by Gasteiger charge is 2.38. The Morgan fingerprint density at radius 2 is 1.94 bits per heavy atom. The van der Waals surface area contributed by atoms with E-state index in [0.717, 1.165) is 6.26 Å². The molecule has 18 heavy (non-hydrogen) atoms. The van der Waals surface area contributed by atoms with Crippen molar-refractivity contribution in [2.75, 3.05) is 13.4 Å². The molecule has 4 nitrogen and oxygen atoms in total. The molecule has 1 atom stereocenters. The molecule has 0 aromatic heterocycles. The van der Waals surface area contributed by atoms with Gasteiger partial charge < -0.3 is 10.5 Å². The largest absolute Gasteiger partial charge is 0.497 e. The summed E-state index contributed by atoms with van der Waals surface area (Å²) in [4.78, 5) is 0. The van der Waals surface area contributed by atoms with Crippen LogP contribution in [-0.4, -0.2) is 26.5 Å². The van der Waals surface area contributed by atoms with Crippen molar-refractivity contribution in [3.63, 3.8) is 0 Å². The van der Waals surface area contributed by atoms with Crippen LogP contribution in [0.3, 0.4) is 0 Å². The Labute approximate surface area is 107 Å². The molecule has 0 amide bonds. The van der Waals surface area contributed by atoms with E-state index < -0.39 is 26.4 Å². The molecule has 1 rings (SSSR count). The number of halogens is 1. The Bertz CT molecular complexity index is 540. The second-order valence-electron chi connectivity index (χ2n) is 4.74. The molecule has 0 saturated carbocycles. The van der Waals surface area contributed by atoms with Gasteiger partial charge in [-0.25, -0.2) is 12.8 Å². The highest BCUT2D eigenvalue weighted by molar-refractivity contribution is 7.92. The van der Waals surface area contributed by atoms with Crippen LogP contribution in [0.4, 0.5) is 4.39 Å². The van der Waals surface area contributed by atoms with E-state index in [2.05, 4.69) is 0 Å². The van der Waals surface area contributed by atoms with Crippen LogP contribution in [0, 0.1) is 5.82 Å². The quantitative estimate of drug-likeness (QED) is 0.907. The van der Waals surface area contributed by atoms with Gasteiger partial charge in [-0.15, -0.1) is 0 Å². The van der Waals surface area contributed by atoms with Gasteiger partial charge in [0.1, 0.15) is 11.6 Å². The third-order valence-corrected chi connectivity index (χ3v) is 5.41. The monoisotopic (exact) mass is 275 g/mol. The zero-order chi connectivity index (χ0) is 14.1. The summed E-state index contributed by atoms with van der Waals surface area (Å²) < 4.78 is 40.8. The van der Waals surface area contributed by atoms with Gasteiger partial charge in [-0.3, -0.25) is 0 Å². The lowest BCUT2D eigenvalue weighted by molar-refractivity contribution is 0.409. The summed E-state index contributed by atoms with van der Waals surface area (Å²) in [5, 5.41) is 0. The summed E-state index contributed by atoms with van der Waals surface area (Å²) in [5.74, 6) is -0.209. The highest BCUT2D eigenvalue weighted by Crippen LogP contribution is 2.32. The number of sulfone groups is 1. The lowest BCUT2D eigenvalue weighted by Gasteiger charge is -2.30. The first kappa shape index (κ1) is 14.9. The van der Waals surface area contributed by atoms with Crippen LogP contribution in [0.2, 0.25) is 0 Å². The fourth-order valence-corrected chi connectivity index (χ4v) is 2.08. The van der Waals surface area contributed by atoms with Crippen molar-refractivity contribution in [1.29, 1.82) is 0 Å². The highest BCUT2D eigenvalue weighted by atomic mass is 32.2. The SMILES string of the molecule is COc1ccc(C(N)C(C)(C)S(C)(=O)=O)c(F)c1. The number of ether oxygens (including phenoxy) is 1. The average molecular weight is 275 g/mol. The smallest absolute Gasteiger partial charge is 0.154 e. The van der Waals surface area contributed by atoms with Crippen LogP contribution in [-0.2, 0) is 9.84 Å². The van der Waals surface area contributed by atoms with E-state index in [1.54, 1.807) is 6.07 Å². The third kappa shape index (κ3) is 2.64. The van der Waals surface area contributed by atoms with Crippen molar-refractivity contribution < 1.29 is 17.5 Å². The van der Waals surface area contributed by atoms with E-state index in [1.807, 2.05) is 0 Å². The van der Waals surface area contributed by atoms with E-state index in [0.29, 0.717) is 5.75 Å². The summed E-state index contributed by atoms with van der Waals surface area (Å²) in [7, 11) is -1.98. The minimum Gasteiger partial charge on any atom is -0.497 e. The van der Waals surface area contributed by atoms with Crippen molar-refractivity contribution in [3.05, 3.63) is 29.6 Å². The fraction of sp³-hybridized carbons (Fsp3) is 0.500. The van der Waals surface area contributed by atoms with Gasteiger partial charge in [-0.05, 0) is 19.9 Å². The average Bonchev–Trinajstić information content (AvgIpc) is 2.26. The number of hydrogen-bond donors (Lipinski definition) is 1. The maximum atomic E-state index is 13.9. The number of benzene rings is 1. The first-order valence-corrected chi connectivity index (χ1v) is 7.29. The number of rotatable bonds is 4. The summed E-state index contributed by atoms with van der Waals surface area (Å²) in [6.45, 7) is 2.97. The van der Waals surface area contributed by atoms with Gasteiger partial charge in [-0.2, -0.15) is 0 Å². The van der Waals surface area contributed by atoms with Gasteiger partial charge in [0.15, 0.2) is 9.84 Å². The molecule has 0 aliphatic heterocycles. The van der Waals surface area contributed by atoms with E-state index in [-0.39, 0.29) is 5.56 Å². The Hall–Kier alpha value is -1.14. The van der Waals surface area contributed by atoms with Gasteiger partial charge in [0.25, 0.3) is 0 Å². The van der Waals surface area contributed by atoms with E-state index in [1.165, 1.54) is 33.1 Å². The molecule has 102 valence electrons. The molecule has 0 aliphatic carbocycles. The number of nitrogens with two attached hydrogens (primary N) is 1. The predicted molar refractivity (Wildman–Crippen MR) is 68.8 cm³/mol. The summed E-state index contributed by atoms with van der Waals surface area (Å²) >= 11 is 0. The molecule has 0 fully saturated rings. The van der Waals surface area contributed by atoms with E-state index >= 15 is 0 Å². The Balaban J connectivity index is 3.24. The van der Waals surface area contributed by atoms with Crippen molar-refractivity contribution in [2.24, 2.45) is 5.73 Å². The zero-order valence-corrected chi connectivity index (χ0v) is 11.7. The lowest BCUT2D eigenvalue weighted by atomic mass is 9.95. The Morgan fingerprint density at radius 3 is 2.33 bits per heavy atom. The fourth-order valence-electron chi connectivity index (χ4n) is 1.49.